The van der Waals surface area contributed by atoms with Crippen molar-refractivity contribution in [1.82, 2.24) is 10.6 Å². The molecular formula is C18H29IN4O. The lowest BCUT2D eigenvalue weighted by Crippen LogP contribution is -2.46. The van der Waals surface area contributed by atoms with Crippen molar-refractivity contribution in [2.24, 2.45) is 4.99 Å². The van der Waals surface area contributed by atoms with Crippen LogP contribution in [0.25, 0.3) is 0 Å². The topological polar surface area (TPSA) is 59.9 Å². The molecule has 0 bridgehead atoms. The van der Waals surface area contributed by atoms with Crippen LogP contribution in [0.3, 0.4) is 0 Å². The maximum absolute atomic E-state index is 10.2. The maximum atomic E-state index is 10.2. The van der Waals surface area contributed by atoms with Crippen molar-refractivity contribution in [1.29, 1.82) is 0 Å². The first kappa shape index (κ1) is 19.3. The molecule has 1 aromatic rings. The van der Waals surface area contributed by atoms with E-state index in [2.05, 4.69) is 57.8 Å². The predicted molar refractivity (Wildman–Crippen MR) is 110 cm³/mol. The molecule has 1 aliphatic heterocycles. The Bertz CT molecular complexity index is 533. The van der Waals surface area contributed by atoms with E-state index >= 15 is 0 Å². The van der Waals surface area contributed by atoms with E-state index < -0.39 is 5.60 Å². The Kier molecular flexibility index (Phi) is 7.16. The number of benzene rings is 1. The molecule has 1 heterocycles. The molecule has 1 aliphatic carbocycles. The number of nitrogens with one attached hydrogen (secondary N) is 2. The van der Waals surface area contributed by atoms with Crippen LogP contribution in [-0.2, 0) is 0 Å². The summed E-state index contributed by atoms with van der Waals surface area (Å²) < 4.78 is 0. The van der Waals surface area contributed by atoms with Gasteiger partial charge in [-0.2, -0.15) is 0 Å². The molecule has 1 saturated carbocycles. The van der Waals surface area contributed by atoms with E-state index in [9.17, 15) is 5.11 Å². The van der Waals surface area contributed by atoms with Gasteiger partial charge in [0.25, 0.3) is 0 Å². The molecule has 0 radical (unpaired) electrons. The zero-order chi connectivity index (χ0) is 16.1. The first-order chi connectivity index (χ1) is 11.2. The number of nitrogens with zero attached hydrogens (tertiary/aromatic N) is 2. The summed E-state index contributed by atoms with van der Waals surface area (Å²) in [6.07, 6.45) is 3.97. The monoisotopic (exact) mass is 444 g/mol. The van der Waals surface area contributed by atoms with Gasteiger partial charge in [0.15, 0.2) is 5.96 Å². The fraction of sp³-hybridized carbons (Fsp3) is 0.611. The highest BCUT2D eigenvalue weighted by Gasteiger charge is 2.34. The molecule has 6 heteroatoms. The lowest BCUT2D eigenvalue weighted by atomic mass is 9.80. The molecule has 2 fully saturated rings. The van der Waals surface area contributed by atoms with Crippen molar-refractivity contribution in [3.05, 3.63) is 30.3 Å². The van der Waals surface area contributed by atoms with Gasteiger partial charge in [-0.05, 0) is 44.7 Å². The average Bonchev–Trinajstić information content (AvgIpc) is 3.00. The smallest absolute Gasteiger partial charge is 0.191 e. The Morgan fingerprint density at radius 3 is 2.71 bits per heavy atom. The van der Waals surface area contributed by atoms with Crippen molar-refractivity contribution in [3.63, 3.8) is 0 Å². The number of para-hydroxylation sites is 1. The van der Waals surface area contributed by atoms with Gasteiger partial charge in [-0.25, -0.2) is 0 Å². The summed E-state index contributed by atoms with van der Waals surface area (Å²) in [7, 11) is 0. The number of halogens is 1. The van der Waals surface area contributed by atoms with Crippen molar-refractivity contribution in [2.75, 3.05) is 31.1 Å². The quantitative estimate of drug-likeness (QED) is 0.371. The van der Waals surface area contributed by atoms with E-state index in [0.29, 0.717) is 12.6 Å². The Morgan fingerprint density at radius 2 is 2.08 bits per heavy atom. The van der Waals surface area contributed by atoms with Crippen molar-refractivity contribution in [3.8, 4) is 0 Å². The Morgan fingerprint density at radius 1 is 1.33 bits per heavy atom. The summed E-state index contributed by atoms with van der Waals surface area (Å²) >= 11 is 0. The van der Waals surface area contributed by atoms with Gasteiger partial charge < -0.3 is 20.6 Å². The number of rotatable bonds is 5. The minimum atomic E-state index is -0.561. The lowest BCUT2D eigenvalue weighted by Gasteiger charge is -2.35. The van der Waals surface area contributed by atoms with Gasteiger partial charge in [0, 0.05) is 31.4 Å². The van der Waals surface area contributed by atoms with Crippen molar-refractivity contribution < 1.29 is 5.11 Å². The predicted octanol–water partition coefficient (Wildman–Crippen LogP) is 2.35. The number of aliphatic hydroxyl groups is 1. The third-order valence-corrected chi connectivity index (χ3v) is 4.81. The van der Waals surface area contributed by atoms with Gasteiger partial charge >= 0.3 is 0 Å². The molecule has 2 aliphatic rings. The highest BCUT2D eigenvalue weighted by Crippen LogP contribution is 2.31. The van der Waals surface area contributed by atoms with E-state index in [4.69, 9.17) is 0 Å². The first-order valence-corrected chi connectivity index (χ1v) is 8.76. The molecule has 0 amide bonds. The zero-order valence-electron chi connectivity index (χ0n) is 14.4. The first-order valence-electron chi connectivity index (χ1n) is 8.76. The second kappa shape index (κ2) is 8.89. The summed E-state index contributed by atoms with van der Waals surface area (Å²) in [6, 6.07) is 10.9. The second-order valence-corrected chi connectivity index (χ2v) is 6.68. The number of hydrogen-bond acceptors (Lipinski definition) is 3. The van der Waals surface area contributed by atoms with E-state index in [-0.39, 0.29) is 24.0 Å². The van der Waals surface area contributed by atoms with Crippen molar-refractivity contribution >= 4 is 35.6 Å². The third-order valence-electron chi connectivity index (χ3n) is 4.81. The highest BCUT2D eigenvalue weighted by atomic mass is 127. The van der Waals surface area contributed by atoms with E-state index in [1.54, 1.807) is 0 Å². The van der Waals surface area contributed by atoms with Crippen LogP contribution < -0.4 is 15.5 Å². The lowest BCUT2D eigenvalue weighted by molar-refractivity contribution is -0.0236. The van der Waals surface area contributed by atoms with Crippen LogP contribution in [-0.4, -0.2) is 48.9 Å². The molecule has 1 unspecified atom stereocenters. The summed E-state index contributed by atoms with van der Waals surface area (Å²) in [4.78, 5) is 7.00. The van der Waals surface area contributed by atoms with Gasteiger partial charge in [0.05, 0.1) is 12.1 Å². The largest absolute Gasteiger partial charge is 0.388 e. The molecule has 134 valence electrons. The summed E-state index contributed by atoms with van der Waals surface area (Å²) in [5.41, 5.74) is 0.719. The Labute approximate surface area is 161 Å². The molecule has 1 atom stereocenters. The van der Waals surface area contributed by atoms with Crippen LogP contribution in [0.2, 0.25) is 0 Å². The summed E-state index contributed by atoms with van der Waals surface area (Å²) in [6.45, 7) is 5.45. The van der Waals surface area contributed by atoms with Gasteiger partial charge in [0.1, 0.15) is 0 Å². The zero-order valence-corrected chi connectivity index (χ0v) is 16.7. The van der Waals surface area contributed by atoms with E-state index in [0.717, 1.165) is 51.3 Å². The van der Waals surface area contributed by atoms with Crippen molar-refractivity contribution in [2.45, 2.75) is 44.2 Å². The van der Waals surface area contributed by atoms with Crippen LogP contribution in [0.4, 0.5) is 5.69 Å². The summed E-state index contributed by atoms with van der Waals surface area (Å²) in [5.74, 6) is 0.827. The van der Waals surface area contributed by atoms with Crippen LogP contribution >= 0.6 is 24.0 Å². The van der Waals surface area contributed by atoms with Crippen LogP contribution in [0.5, 0.6) is 0 Å². The fourth-order valence-corrected chi connectivity index (χ4v) is 3.23. The van der Waals surface area contributed by atoms with Crippen LogP contribution in [0.1, 0.15) is 32.6 Å². The number of aliphatic imine (C=N–C) groups is 1. The van der Waals surface area contributed by atoms with Gasteiger partial charge in [-0.3, -0.25) is 4.99 Å². The Balaban J connectivity index is 0.00000208. The molecular weight excluding hydrogens is 415 g/mol. The average molecular weight is 444 g/mol. The number of hydrogen-bond donors (Lipinski definition) is 3. The third kappa shape index (κ3) is 4.99. The van der Waals surface area contributed by atoms with Crippen LogP contribution in [0, 0.1) is 0 Å². The molecule has 3 N–H and O–H groups in total. The molecule has 24 heavy (non-hydrogen) atoms. The molecule has 5 nitrogen and oxygen atoms in total. The second-order valence-electron chi connectivity index (χ2n) is 6.68. The van der Waals surface area contributed by atoms with E-state index in [1.165, 1.54) is 5.69 Å². The summed E-state index contributed by atoms with van der Waals surface area (Å²) in [5, 5.41) is 17.0. The molecule has 0 spiro atoms. The Hall–Kier alpha value is -1.02. The minimum absolute atomic E-state index is 0. The SMILES string of the molecule is CCNC(=NCC1(O)CCC1)NC1CCN(c2ccccc2)C1.I. The molecule has 1 aromatic carbocycles. The highest BCUT2D eigenvalue weighted by molar-refractivity contribution is 14.0. The molecule has 1 saturated heterocycles. The number of anilines is 1. The fourth-order valence-electron chi connectivity index (χ4n) is 3.23. The maximum Gasteiger partial charge on any atom is 0.191 e. The van der Waals surface area contributed by atoms with Crippen LogP contribution in [0.15, 0.2) is 35.3 Å². The minimum Gasteiger partial charge on any atom is -0.388 e. The molecule has 0 aromatic heterocycles. The number of guanidine groups is 1. The molecule has 3 rings (SSSR count). The standard InChI is InChI=1S/C18H28N4O.HI/c1-2-19-17(20-14-18(23)10-6-11-18)21-15-9-12-22(13-15)16-7-4-3-5-8-16;/h3-5,7-8,15,23H,2,6,9-14H2,1H3,(H2,19,20,21);1H. The van der Waals surface area contributed by atoms with E-state index in [1.807, 2.05) is 0 Å². The van der Waals surface area contributed by atoms with Gasteiger partial charge in [-0.15, -0.1) is 24.0 Å². The normalized spacial score (nSPS) is 22.5. The van der Waals surface area contributed by atoms with Gasteiger partial charge in [-0.1, -0.05) is 18.2 Å². The van der Waals surface area contributed by atoms with Gasteiger partial charge in [0.2, 0.25) is 0 Å².